The van der Waals surface area contributed by atoms with Crippen molar-refractivity contribution in [1.29, 1.82) is 0 Å². The van der Waals surface area contributed by atoms with E-state index in [1.807, 2.05) is 66.7 Å². The summed E-state index contributed by atoms with van der Waals surface area (Å²) >= 11 is 5.22. The summed E-state index contributed by atoms with van der Waals surface area (Å²) in [6.07, 6.45) is 3.24. The average Bonchev–Trinajstić information content (AvgIpc) is 3.34. The lowest BCUT2D eigenvalue weighted by Gasteiger charge is -2.10. The number of thiocarbonyl (C=S) groups is 1. The number of carbonyl (C=O) groups excluding carboxylic acids is 2. The molecule has 0 radical (unpaired) electrons. The molecule has 0 spiro atoms. The molecule has 35 heavy (non-hydrogen) atoms. The van der Waals surface area contributed by atoms with Crippen molar-refractivity contribution in [3.05, 3.63) is 114 Å². The van der Waals surface area contributed by atoms with E-state index < -0.39 is 0 Å². The Bertz CT molecular complexity index is 1330. The molecule has 1 aromatic heterocycles. The molecule has 3 aromatic carbocycles. The zero-order valence-corrected chi connectivity index (χ0v) is 19.5. The van der Waals surface area contributed by atoms with Crippen molar-refractivity contribution in [3.63, 3.8) is 0 Å². The van der Waals surface area contributed by atoms with Crippen LogP contribution in [0.3, 0.4) is 0 Å². The predicted octanol–water partition coefficient (Wildman–Crippen LogP) is 5.65. The van der Waals surface area contributed by atoms with Gasteiger partial charge in [-0.2, -0.15) is 0 Å². The number of amides is 2. The second-order valence-corrected chi connectivity index (χ2v) is 8.04. The Kier molecular flexibility index (Phi) is 7.83. The number of furan rings is 1. The minimum absolute atomic E-state index is 0.0982. The Labute approximate surface area is 208 Å². The summed E-state index contributed by atoms with van der Waals surface area (Å²) in [5, 5.41) is 8.56. The molecule has 2 amide bonds. The molecule has 174 valence electrons. The number of hydrogen-bond acceptors (Lipinski definition) is 4. The first-order valence-electron chi connectivity index (χ1n) is 10.9. The van der Waals surface area contributed by atoms with Gasteiger partial charge >= 0.3 is 0 Å². The van der Waals surface area contributed by atoms with E-state index in [9.17, 15) is 9.59 Å². The van der Waals surface area contributed by atoms with Gasteiger partial charge < -0.3 is 15.1 Å². The van der Waals surface area contributed by atoms with E-state index in [0.29, 0.717) is 23.6 Å². The number of anilines is 2. The lowest BCUT2D eigenvalue weighted by Crippen LogP contribution is -2.32. The molecule has 0 atom stereocenters. The summed E-state index contributed by atoms with van der Waals surface area (Å²) in [5.74, 6) is 0.800. The highest BCUT2D eigenvalue weighted by Crippen LogP contribution is 2.22. The summed E-state index contributed by atoms with van der Waals surface area (Å²) in [4.78, 5) is 24.4. The standard InChI is InChI=1S/C28H23N3O3S/c32-26(18-16-24-15-17-25(34-24)21-9-5-2-6-10-21)31-28(35)30-23-13-11-22(12-14-23)29-27(33)19-20-7-3-1-4-8-20/h1-18H,19H2,(H,29,33)(H2,30,31,32,35)/b18-16+. The van der Waals surface area contributed by atoms with Crippen molar-refractivity contribution in [2.75, 3.05) is 10.6 Å². The van der Waals surface area contributed by atoms with E-state index in [1.54, 1.807) is 36.4 Å². The molecular weight excluding hydrogens is 458 g/mol. The van der Waals surface area contributed by atoms with Gasteiger partial charge in [-0.3, -0.25) is 14.9 Å². The highest BCUT2D eigenvalue weighted by Gasteiger charge is 2.06. The molecule has 0 fully saturated rings. The highest BCUT2D eigenvalue weighted by molar-refractivity contribution is 7.80. The predicted molar refractivity (Wildman–Crippen MR) is 143 cm³/mol. The van der Waals surface area contributed by atoms with Crippen LogP contribution in [0.15, 0.2) is 108 Å². The molecular formula is C28H23N3O3S. The molecule has 4 aromatic rings. The van der Waals surface area contributed by atoms with E-state index in [4.69, 9.17) is 16.6 Å². The van der Waals surface area contributed by atoms with Gasteiger partial charge in [-0.25, -0.2) is 0 Å². The summed E-state index contributed by atoms with van der Waals surface area (Å²) in [7, 11) is 0. The Morgan fingerprint density at radius 1 is 0.771 bits per heavy atom. The van der Waals surface area contributed by atoms with E-state index >= 15 is 0 Å². The number of rotatable bonds is 7. The van der Waals surface area contributed by atoms with Crippen LogP contribution < -0.4 is 16.0 Å². The van der Waals surface area contributed by atoms with E-state index in [0.717, 1.165) is 16.9 Å². The first-order chi connectivity index (χ1) is 17.0. The molecule has 4 rings (SSSR count). The Morgan fingerprint density at radius 3 is 2.09 bits per heavy atom. The van der Waals surface area contributed by atoms with Gasteiger partial charge in [-0.1, -0.05) is 60.7 Å². The second kappa shape index (κ2) is 11.6. The summed E-state index contributed by atoms with van der Waals surface area (Å²) in [5.41, 5.74) is 3.26. The van der Waals surface area contributed by atoms with Crippen LogP contribution in [-0.2, 0) is 16.0 Å². The zero-order chi connectivity index (χ0) is 24.5. The number of nitrogens with one attached hydrogen (secondary N) is 3. The van der Waals surface area contributed by atoms with Crippen molar-refractivity contribution in [1.82, 2.24) is 5.32 Å². The fraction of sp³-hybridized carbons (Fsp3) is 0.0357. The third-order valence-electron chi connectivity index (χ3n) is 4.95. The number of benzene rings is 3. The normalized spacial score (nSPS) is 10.6. The van der Waals surface area contributed by atoms with Crippen LogP contribution in [0.1, 0.15) is 11.3 Å². The van der Waals surface area contributed by atoms with Crippen LogP contribution in [0.4, 0.5) is 11.4 Å². The van der Waals surface area contributed by atoms with Crippen molar-refractivity contribution >= 4 is 46.6 Å². The second-order valence-electron chi connectivity index (χ2n) is 7.63. The van der Waals surface area contributed by atoms with Crippen LogP contribution in [-0.4, -0.2) is 16.9 Å². The molecule has 1 heterocycles. The van der Waals surface area contributed by atoms with Crippen molar-refractivity contribution in [2.45, 2.75) is 6.42 Å². The van der Waals surface area contributed by atoms with Crippen LogP contribution in [0.5, 0.6) is 0 Å². The third-order valence-corrected chi connectivity index (χ3v) is 5.16. The number of hydrogen-bond donors (Lipinski definition) is 3. The monoisotopic (exact) mass is 481 g/mol. The lowest BCUT2D eigenvalue weighted by atomic mass is 10.1. The maximum absolute atomic E-state index is 12.2. The van der Waals surface area contributed by atoms with Crippen molar-refractivity contribution in [2.24, 2.45) is 0 Å². The van der Waals surface area contributed by atoms with Gasteiger partial charge in [-0.05, 0) is 60.3 Å². The first kappa shape index (κ1) is 23.7. The molecule has 0 saturated heterocycles. The first-order valence-corrected chi connectivity index (χ1v) is 11.4. The number of carbonyl (C=O) groups is 2. The fourth-order valence-electron chi connectivity index (χ4n) is 3.30. The lowest BCUT2D eigenvalue weighted by molar-refractivity contribution is -0.116. The third kappa shape index (κ3) is 7.25. The minimum atomic E-state index is -0.384. The summed E-state index contributed by atoms with van der Waals surface area (Å²) < 4.78 is 5.75. The van der Waals surface area contributed by atoms with Crippen LogP contribution in [0.25, 0.3) is 17.4 Å². The maximum Gasteiger partial charge on any atom is 0.250 e. The fourth-order valence-corrected chi connectivity index (χ4v) is 3.52. The molecule has 0 bridgehead atoms. The summed E-state index contributed by atoms with van der Waals surface area (Å²) in [6, 6.07) is 30.0. The minimum Gasteiger partial charge on any atom is -0.457 e. The van der Waals surface area contributed by atoms with Crippen LogP contribution >= 0.6 is 12.2 Å². The molecule has 0 aliphatic heterocycles. The van der Waals surface area contributed by atoms with Crippen LogP contribution in [0.2, 0.25) is 0 Å². The Hall–Kier alpha value is -4.49. The summed E-state index contributed by atoms with van der Waals surface area (Å²) in [6.45, 7) is 0. The van der Waals surface area contributed by atoms with E-state index in [1.165, 1.54) is 6.08 Å². The van der Waals surface area contributed by atoms with E-state index in [-0.39, 0.29) is 16.9 Å². The van der Waals surface area contributed by atoms with Gasteiger partial charge in [0, 0.05) is 23.0 Å². The maximum atomic E-state index is 12.2. The largest absolute Gasteiger partial charge is 0.457 e. The molecule has 0 aliphatic carbocycles. The van der Waals surface area contributed by atoms with E-state index in [2.05, 4.69) is 16.0 Å². The Morgan fingerprint density at radius 2 is 1.40 bits per heavy atom. The van der Waals surface area contributed by atoms with Gasteiger partial charge in [0.1, 0.15) is 11.5 Å². The van der Waals surface area contributed by atoms with Gasteiger partial charge in [0.25, 0.3) is 0 Å². The van der Waals surface area contributed by atoms with Crippen LogP contribution in [0, 0.1) is 0 Å². The Balaban J connectivity index is 1.24. The molecule has 0 saturated carbocycles. The SMILES string of the molecule is O=C(/C=C/c1ccc(-c2ccccc2)o1)NC(=S)Nc1ccc(NC(=O)Cc2ccccc2)cc1. The molecule has 0 unspecified atom stereocenters. The molecule has 0 aliphatic rings. The van der Waals surface area contributed by atoms with Gasteiger partial charge in [0.2, 0.25) is 11.8 Å². The smallest absolute Gasteiger partial charge is 0.250 e. The van der Waals surface area contributed by atoms with Gasteiger partial charge in [-0.15, -0.1) is 0 Å². The van der Waals surface area contributed by atoms with Crippen molar-refractivity contribution < 1.29 is 14.0 Å². The average molecular weight is 482 g/mol. The quantitative estimate of drug-likeness (QED) is 0.235. The molecule has 6 nitrogen and oxygen atoms in total. The topological polar surface area (TPSA) is 83.4 Å². The highest BCUT2D eigenvalue weighted by atomic mass is 32.1. The zero-order valence-electron chi connectivity index (χ0n) is 18.7. The molecule has 7 heteroatoms. The van der Waals surface area contributed by atoms with Gasteiger partial charge in [0.15, 0.2) is 5.11 Å². The van der Waals surface area contributed by atoms with Crippen molar-refractivity contribution in [3.8, 4) is 11.3 Å². The van der Waals surface area contributed by atoms with Gasteiger partial charge in [0.05, 0.1) is 6.42 Å². The molecule has 3 N–H and O–H groups in total.